The van der Waals surface area contributed by atoms with Crippen molar-refractivity contribution >= 4 is 28.7 Å². The molecule has 0 fully saturated rings. The number of carbonyl (C=O) groups excluding carboxylic acids is 2. The number of Topliss-reactive ketones (excluding diaryl/α,β-unsaturated/α-hetero) is 1. The van der Waals surface area contributed by atoms with Crippen LogP contribution in [-0.2, 0) is 14.3 Å². The predicted octanol–water partition coefficient (Wildman–Crippen LogP) is 9.16. The first-order chi connectivity index (χ1) is 23.4. The average Bonchev–Trinajstić information content (AvgIpc) is 3.65. The predicted molar refractivity (Wildman–Crippen MR) is 198 cm³/mol. The summed E-state index contributed by atoms with van der Waals surface area (Å²) in [5.74, 6) is -0.275. The summed E-state index contributed by atoms with van der Waals surface area (Å²) in [6.45, 7) is 7.96. The lowest BCUT2D eigenvalue weighted by Crippen LogP contribution is -2.26. The van der Waals surface area contributed by atoms with E-state index in [1.165, 1.54) is 44.2 Å². The average molecular weight is 652 g/mol. The number of nitrogens with zero attached hydrogens (tertiary/aromatic N) is 2. The number of hydrogen-bond donors (Lipinski definition) is 1. The zero-order valence-corrected chi connectivity index (χ0v) is 29.4. The standard InChI is InChI=1S/C42H54N2O4/c1-4-6-30-44(31-7-5-2)37-27-23-34(24-28-37)39-40(45)38(41(39)46)33-21-25-36(26-22-33)43(3)29-17-13-11-9-8-10-12-14-18-32-48-42(47)35-19-15-16-20-35/h15-16,19,21-28H,4-14,17-18,29-32H2,1-3H3/p+1. The van der Waals surface area contributed by atoms with E-state index in [4.69, 9.17) is 4.74 Å². The normalized spacial score (nSPS) is 15.0. The second-order valence-corrected chi connectivity index (χ2v) is 13.0. The van der Waals surface area contributed by atoms with Crippen LogP contribution in [-0.4, -0.2) is 60.4 Å². The van der Waals surface area contributed by atoms with Crippen molar-refractivity contribution in [1.29, 1.82) is 0 Å². The van der Waals surface area contributed by atoms with Crippen LogP contribution in [0.4, 0.5) is 5.69 Å². The van der Waals surface area contributed by atoms with Crippen molar-refractivity contribution in [3.63, 3.8) is 0 Å². The number of aliphatic hydroxyl groups excluding tert-OH is 1. The molecule has 256 valence electrons. The van der Waals surface area contributed by atoms with Crippen molar-refractivity contribution < 1.29 is 24.0 Å². The van der Waals surface area contributed by atoms with Crippen LogP contribution in [0.15, 0.2) is 95.0 Å². The monoisotopic (exact) mass is 651 g/mol. The third kappa shape index (κ3) is 10.4. The van der Waals surface area contributed by atoms with E-state index in [2.05, 4.69) is 48.2 Å². The van der Waals surface area contributed by atoms with Gasteiger partial charge in [-0.1, -0.05) is 83.4 Å². The van der Waals surface area contributed by atoms with Gasteiger partial charge < -0.3 is 14.7 Å². The van der Waals surface area contributed by atoms with E-state index >= 15 is 0 Å². The molecule has 0 bridgehead atoms. The Hall–Kier alpha value is -4.15. The highest BCUT2D eigenvalue weighted by Crippen LogP contribution is 2.39. The molecule has 48 heavy (non-hydrogen) atoms. The molecular formula is C42H55N2O4+. The molecule has 0 amide bonds. The molecule has 1 N–H and O–H groups in total. The lowest BCUT2D eigenvalue weighted by Gasteiger charge is -2.26. The molecule has 0 radical (unpaired) electrons. The quantitative estimate of drug-likeness (QED) is 0.0472. The second kappa shape index (κ2) is 19.6. The Morgan fingerprint density at radius 1 is 0.792 bits per heavy atom. The third-order valence-corrected chi connectivity index (χ3v) is 9.30. The molecule has 0 unspecified atom stereocenters. The Bertz CT molecular complexity index is 1500. The largest absolute Gasteiger partial charge is 0.506 e. The number of carbonyl (C=O) groups is 2. The minimum atomic E-state index is -0.275. The molecule has 0 saturated heterocycles. The Balaban J connectivity index is 1.15. The van der Waals surface area contributed by atoms with E-state index in [0.717, 1.165) is 81.4 Å². The van der Waals surface area contributed by atoms with E-state index in [-0.39, 0.29) is 17.5 Å². The minimum absolute atomic E-state index is 0.0935. The van der Waals surface area contributed by atoms with Crippen LogP contribution in [0.3, 0.4) is 0 Å². The van der Waals surface area contributed by atoms with Gasteiger partial charge in [-0.25, -0.2) is 9.37 Å². The lowest BCUT2D eigenvalue weighted by atomic mass is 9.80. The van der Waals surface area contributed by atoms with Crippen LogP contribution in [0.5, 0.6) is 0 Å². The summed E-state index contributed by atoms with van der Waals surface area (Å²) in [7, 11) is 2.11. The molecular weight excluding hydrogens is 596 g/mol. The van der Waals surface area contributed by atoms with Gasteiger partial charge in [0, 0.05) is 37.3 Å². The van der Waals surface area contributed by atoms with Crippen molar-refractivity contribution in [1.82, 2.24) is 0 Å². The maximum Gasteiger partial charge on any atom is 0.346 e. The van der Waals surface area contributed by atoms with Gasteiger partial charge in [-0.2, -0.15) is 0 Å². The van der Waals surface area contributed by atoms with Gasteiger partial charge in [0.25, 0.3) is 0 Å². The smallest absolute Gasteiger partial charge is 0.346 e. The van der Waals surface area contributed by atoms with E-state index in [1.807, 2.05) is 36.4 Å². The van der Waals surface area contributed by atoms with Crippen LogP contribution < -0.4 is 4.90 Å². The van der Waals surface area contributed by atoms with Crippen LogP contribution in [0.1, 0.15) is 103 Å². The first kappa shape index (κ1) is 36.7. The number of hydrogen-bond acceptors (Lipinski definition) is 5. The van der Waals surface area contributed by atoms with Crippen molar-refractivity contribution in [3.8, 4) is 0 Å². The summed E-state index contributed by atoms with van der Waals surface area (Å²) >= 11 is 0. The van der Waals surface area contributed by atoms with Gasteiger partial charge in [-0.15, -0.1) is 5.73 Å². The molecule has 0 spiro atoms. The van der Waals surface area contributed by atoms with E-state index in [1.54, 1.807) is 18.2 Å². The van der Waals surface area contributed by atoms with Gasteiger partial charge in [0.1, 0.15) is 24.9 Å². The van der Waals surface area contributed by atoms with Crippen molar-refractivity contribution in [2.45, 2.75) is 97.3 Å². The van der Waals surface area contributed by atoms with Gasteiger partial charge in [0.05, 0.1) is 17.8 Å². The van der Waals surface area contributed by atoms with Crippen molar-refractivity contribution in [2.75, 3.05) is 38.2 Å². The van der Waals surface area contributed by atoms with Gasteiger partial charge in [-0.3, -0.25) is 4.79 Å². The maximum absolute atomic E-state index is 13.2. The van der Waals surface area contributed by atoms with Crippen molar-refractivity contribution in [3.05, 3.63) is 101 Å². The fourth-order valence-electron chi connectivity index (χ4n) is 6.25. The molecule has 3 aliphatic rings. The van der Waals surface area contributed by atoms with Crippen molar-refractivity contribution in [2.24, 2.45) is 0 Å². The number of allylic oxidation sites excluding steroid dienone is 8. The summed E-state index contributed by atoms with van der Waals surface area (Å²) in [4.78, 5) is 27.4. The van der Waals surface area contributed by atoms with E-state index < -0.39 is 0 Å². The fraction of sp³-hybridized carbons (Fsp3) is 0.476. The Kier molecular flexibility index (Phi) is 15.0. The number of ether oxygens (including phenoxy) is 1. The minimum Gasteiger partial charge on any atom is -0.506 e. The first-order valence-electron chi connectivity index (χ1n) is 18.3. The summed E-state index contributed by atoms with van der Waals surface area (Å²) in [6.07, 6.45) is 28.4. The highest BCUT2D eigenvalue weighted by molar-refractivity contribution is 6.39. The summed E-state index contributed by atoms with van der Waals surface area (Å²) in [5, 5.41) is 10.9. The topological polar surface area (TPSA) is 69.8 Å². The first-order valence-corrected chi connectivity index (χ1v) is 18.3. The Labute approximate surface area is 288 Å². The molecule has 4 rings (SSSR count). The zero-order valence-electron chi connectivity index (χ0n) is 29.4. The molecule has 6 heteroatoms. The number of benzene rings is 1. The third-order valence-electron chi connectivity index (χ3n) is 9.30. The number of unbranched alkanes of at least 4 members (excludes halogenated alkanes) is 10. The maximum atomic E-state index is 13.2. The molecule has 0 saturated carbocycles. The van der Waals surface area contributed by atoms with Crippen LogP contribution in [0.25, 0.3) is 5.57 Å². The highest BCUT2D eigenvalue weighted by Gasteiger charge is 2.36. The number of aliphatic hydroxyl groups is 1. The number of esters is 1. The molecule has 0 aromatic heterocycles. The molecule has 6 nitrogen and oxygen atoms in total. The Morgan fingerprint density at radius 3 is 1.96 bits per heavy atom. The highest BCUT2D eigenvalue weighted by atomic mass is 16.5. The van der Waals surface area contributed by atoms with Crippen LogP contribution in [0.2, 0.25) is 0 Å². The summed E-state index contributed by atoms with van der Waals surface area (Å²) < 4.78 is 7.54. The van der Waals surface area contributed by atoms with Gasteiger partial charge >= 0.3 is 5.97 Å². The Morgan fingerprint density at radius 2 is 1.40 bits per heavy atom. The molecule has 1 aromatic carbocycles. The fourth-order valence-corrected chi connectivity index (χ4v) is 6.25. The molecule has 1 aromatic rings. The molecule has 0 aliphatic heterocycles. The summed E-state index contributed by atoms with van der Waals surface area (Å²) in [5.41, 5.74) is 8.02. The molecule has 3 aliphatic carbocycles. The van der Waals surface area contributed by atoms with Gasteiger partial charge in [-0.05, 0) is 73.3 Å². The van der Waals surface area contributed by atoms with Crippen LogP contribution >= 0.6 is 0 Å². The SMILES string of the molecule is CCCCN(CCCC)c1ccc(C2=C(O)C(=C3C=CC(=[N+](C)CCCCCCCCCCCOC(=O)C4=C=CC=C4)C=C3)C2=O)cc1. The second-order valence-electron chi connectivity index (χ2n) is 13.0. The lowest BCUT2D eigenvalue weighted by molar-refractivity contribution is -0.496. The zero-order chi connectivity index (χ0) is 34.1. The van der Waals surface area contributed by atoms with Crippen LogP contribution in [0, 0.1) is 0 Å². The number of ketones is 1. The van der Waals surface area contributed by atoms with E-state index in [9.17, 15) is 14.7 Å². The van der Waals surface area contributed by atoms with Gasteiger partial charge in [0.2, 0.25) is 5.78 Å². The summed E-state index contributed by atoms with van der Waals surface area (Å²) in [6, 6.07) is 8.09. The molecule has 0 heterocycles. The number of rotatable bonds is 21. The van der Waals surface area contributed by atoms with Gasteiger partial charge in [0.15, 0.2) is 5.71 Å². The van der Waals surface area contributed by atoms with E-state index in [0.29, 0.717) is 23.3 Å². The number of anilines is 1. The molecule has 0 atom stereocenters.